The van der Waals surface area contributed by atoms with Crippen molar-refractivity contribution >= 4 is 12.0 Å². The Bertz CT molecular complexity index is 1150. The number of hydrogen-bond acceptors (Lipinski definition) is 6. The SMILES string of the molecule is CCOc1cc([C@@H](C)N(CCO[C@@H](C)c2ccccc2)C(=O)NC2(C(=O)O)CC(OC)C2)c(C)c(OCC)c1C. The van der Waals surface area contributed by atoms with Gasteiger partial charge in [-0.25, -0.2) is 9.59 Å². The zero-order chi connectivity index (χ0) is 29.4. The van der Waals surface area contributed by atoms with E-state index in [1.807, 2.05) is 77.9 Å². The predicted octanol–water partition coefficient (Wildman–Crippen LogP) is 5.58. The van der Waals surface area contributed by atoms with Crippen molar-refractivity contribution in [1.82, 2.24) is 10.2 Å². The Balaban J connectivity index is 1.92. The molecule has 0 aromatic heterocycles. The molecule has 0 heterocycles. The Morgan fingerprint density at radius 1 is 1.07 bits per heavy atom. The van der Waals surface area contributed by atoms with Crippen molar-refractivity contribution in [1.29, 1.82) is 0 Å². The minimum Gasteiger partial charge on any atom is -0.493 e. The van der Waals surface area contributed by atoms with Gasteiger partial charge in [-0.15, -0.1) is 0 Å². The van der Waals surface area contributed by atoms with Gasteiger partial charge in [-0.3, -0.25) is 0 Å². The summed E-state index contributed by atoms with van der Waals surface area (Å²) in [6.07, 6.45) is 0.0390. The molecule has 0 spiro atoms. The van der Waals surface area contributed by atoms with Crippen LogP contribution in [0.25, 0.3) is 0 Å². The highest BCUT2D eigenvalue weighted by Gasteiger charge is 2.52. The number of ether oxygens (including phenoxy) is 4. The van der Waals surface area contributed by atoms with Gasteiger partial charge in [-0.05, 0) is 64.3 Å². The number of benzene rings is 2. The molecule has 9 nitrogen and oxygen atoms in total. The molecule has 3 rings (SSSR count). The van der Waals surface area contributed by atoms with E-state index in [0.29, 0.717) is 19.0 Å². The van der Waals surface area contributed by atoms with Crippen LogP contribution in [0.1, 0.15) is 74.9 Å². The first kappa shape index (κ1) is 31.2. The van der Waals surface area contributed by atoms with E-state index in [1.54, 1.807) is 12.0 Å². The Morgan fingerprint density at radius 3 is 2.30 bits per heavy atom. The highest BCUT2D eigenvalue weighted by atomic mass is 16.5. The van der Waals surface area contributed by atoms with Crippen molar-refractivity contribution in [3.8, 4) is 11.5 Å². The van der Waals surface area contributed by atoms with Crippen LogP contribution >= 0.6 is 0 Å². The van der Waals surface area contributed by atoms with Gasteiger partial charge in [0.15, 0.2) is 0 Å². The standard InChI is InChI=1S/C31H44N2O7/c1-8-38-27-17-26(20(3)28(21(27)4)39-9-2)22(5)33(15-16-40-23(6)24-13-11-10-12-14-24)30(36)32-31(29(34)35)18-25(19-31)37-7/h10-14,17,22-23,25H,8-9,15-16,18-19H2,1-7H3,(H,32,36)(H,34,35)/t22-,23+,25?,31?/m1/s1. The van der Waals surface area contributed by atoms with Gasteiger partial charge in [0.25, 0.3) is 0 Å². The normalized spacial score (nSPS) is 19.7. The molecule has 0 unspecified atom stereocenters. The number of nitrogens with one attached hydrogen (secondary N) is 1. The average molecular weight is 557 g/mol. The molecule has 0 bridgehead atoms. The molecule has 2 aromatic rings. The Kier molecular flexibility index (Phi) is 10.8. The van der Waals surface area contributed by atoms with Crippen LogP contribution in [0.2, 0.25) is 0 Å². The summed E-state index contributed by atoms with van der Waals surface area (Å²) in [5.74, 6) is 0.352. The molecule has 1 fully saturated rings. The quantitative estimate of drug-likeness (QED) is 0.313. The van der Waals surface area contributed by atoms with Gasteiger partial charge in [-0.2, -0.15) is 0 Å². The van der Waals surface area contributed by atoms with Crippen LogP contribution in [-0.4, -0.2) is 67.1 Å². The maximum Gasteiger partial charge on any atom is 0.329 e. The maximum atomic E-state index is 13.8. The maximum absolute atomic E-state index is 13.8. The summed E-state index contributed by atoms with van der Waals surface area (Å²) in [6, 6.07) is 10.9. The van der Waals surface area contributed by atoms with Crippen molar-refractivity contribution < 1.29 is 33.6 Å². The third-order valence-electron chi connectivity index (χ3n) is 7.75. The average Bonchev–Trinajstić information content (AvgIpc) is 2.92. The highest BCUT2D eigenvalue weighted by molar-refractivity contribution is 5.87. The third-order valence-corrected chi connectivity index (χ3v) is 7.75. The molecular weight excluding hydrogens is 512 g/mol. The van der Waals surface area contributed by atoms with Crippen LogP contribution in [0.15, 0.2) is 36.4 Å². The summed E-state index contributed by atoms with van der Waals surface area (Å²) in [5, 5.41) is 12.8. The number of rotatable bonds is 14. The van der Waals surface area contributed by atoms with E-state index in [4.69, 9.17) is 18.9 Å². The van der Waals surface area contributed by atoms with Crippen molar-refractivity contribution in [3.05, 3.63) is 58.7 Å². The fourth-order valence-electron chi connectivity index (χ4n) is 5.26. The molecule has 9 heteroatoms. The molecule has 2 N–H and O–H groups in total. The molecule has 40 heavy (non-hydrogen) atoms. The molecule has 1 aliphatic carbocycles. The summed E-state index contributed by atoms with van der Waals surface area (Å²) >= 11 is 0. The van der Waals surface area contributed by atoms with Crippen molar-refractivity contribution in [2.75, 3.05) is 33.5 Å². The van der Waals surface area contributed by atoms with E-state index >= 15 is 0 Å². The van der Waals surface area contributed by atoms with E-state index in [1.165, 1.54) is 0 Å². The highest BCUT2D eigenvalue weighted by Crippen LogP contribution is 2.39. The summed E-state index contributed by atoms with van der Waals surface area (Å²) in [7, 11) is 1.55. The summed E-state index contributed by atoms with van der Waals surface area (Å²) in [5.41, 5.74) is 2.33. The van der Waals surface area contributed by atoms with Gasteiger partial charge in [0.2, 0.25) is 0 Å². The third kappa shape index (κ3) is 6.88. The lowest BCUT2D eigenvalue weighted by atomic mass is 9.74. The fourth-order valence-corrected chi connectivity index (χ4v) is 5.26. The van der Waals surface area contributed by atoms with Crippen LogP contribution < -0.4 is 14.8 Å². The largest absolute Gasteiger partial charge is 0.493 e. The van der Waals surface area contributed by atoms with Crippen LogP contribution in [0, 0.1) is 13.8 Å². The first-order chi connectivity index (χ1) is 19.1. The van der Waals surface area contributed by atoms with Gasteiger partial charge in [0.1, 0.15) is 17.0 Å². The van der Waals surface area contributed by atoms with Gasteiger partial charge in [0.05, 0.1) is 38.1 Å². The Labute approximate surface area is 237 Å². The molecule has 2 aromatic carbocycles. The monoisotopic (exact) mass is 556 g/mol. The molecule has 2 amide bonds. The van der Waals surface area contributed by atoms with E-state index in [2.05, 4.69) is 5.32 Å². The van der Waals surface area contributed by atoms with E-state index in [9.17, 15) is 14.7 Å². The second kappa shape index (κ2) is 13.9. The summed E-state index contributed by atoms with van der Waals surface area (Å²) in [4.78, 5) is 27.6. The molecular formula is C31H44N2O7. The topological polar surface area (TPSA) is 107 Å². The summed E-state index contributed by atoms with van der Waals surface area (Å²) < 4.78 is 23.3. The van der Waals surface area contributed by atoms with Crippen LogP contribution in [0.5, 0.6) is 11.5 Å². The number of carboxylic acid groups (broad SMARTS) is 1. The Morgan fingerprint density at radius 2 is 1.73 bits per heavy atom. The van der Waals surface area contributed by atoms with E-state index in [-0.39, 0.29) is 38.2 Å². The van der Waals surface area contributed by atoms with E-state index < -0.39 is 23.6 Å². The molecule has 0 aliphatic heterocycles. The number of urea groups is 1. The second-order valence-corrected chi connectivity index (χ2v) is 10.3. The minimum absolute atomic E-state index is 0.170. The number of hydrogen-bond donors (Lipinski definition) is 2. The number of aliphatic carboxylic acids is 1. The van der Waals surface area contributed by atoms with Crippen LogP contribution in [-0.2, 0) is 14.3 Å². The van der Waals surface area contributed by atoms with Gasteiger partial charge in [-0.1, -0.05) is 30.3 Å². The first-order valence-electron chi connectivity index (χ1n) is 14.0. The van der Waals surface area contributed by atoms with Crippen LogP contribution in [0.3, 0.4) is 0 Å². The molecule has 1 saturated carbocycles. The lowest BCUT2D eigenvalue weighted by Gasteiger charge is -2.45. The smallest absolute Gasteiger partial charge is 0.329 e. The van der Waals surface area contributed by atoms with E-state index in [0.717, 1.165) is 28.0 Å². The number of amides is 2. The number of nitrogens with zero attached hydrogens (tertiary/aromatic N) is 1. The zero-order valence-corrected chi connectivity index (χ0v) is 24.8. The predicted molar refractivity (Wildman–Crippen MR) is 153 cm³/mol. The van der Waals surface area contributed by atoms with Gasteiger partial charge in [0, 0.05) is 32.1 Å². The molecule has 0 radical (unpaired) electrons. The van der Waals surface area contributed by atoms with Gasteiger partial charge >= 0.3 is 12.0 Å². The lowest BCUT2D eigenvalue weighted by molar-refractivity contribution is -0.155. The lowest BCUT2D eigenvalue weighted by Crippen LogP contribution is -2.66. The number of carbonyl (C=O) groups excluding carboxylic acids is 1. The van der Waals surface area contributed by atoms with Crippen molar-refractivity contribution in [3.63, 3.8) is 0 Å². The zero-order valence-electron chi connectivity index (χ0n) is 24.8. The number of carboxylic acids is 1. The van der Waals surface area contributed by atoms with Crippen LogP contribution in [0.4, 0.5) is 4.79 Å². The number of methoxy groups -OCH3 is 1. The molecule has 220 valence electrons. The molecule has 1 aliphatic rings. The van der Waals surface area contributed by atoms with Crippen molar-refractivity contribution in [2.24, 2.45) is 0 Å². The van der Waals surface area contributed by atoms with Crippen molar-refractivity contribution in [2.45, 2.75) is 78.2 Å². The molecule has 2 atom stereocenters. The first-order valence-corrected chi connectivity index (χ1v) is 14.0. The number of carbonyl (C=O) groups is 2. The fraction of sp³-hybridized carbons (Fsp3) is 0.548. The minimum atomic E-state index is -1.37. The Hall–Kier alpha value is -3.30. The van der Waals surface area contributed by atoms with Gasteiger partial charge < -0.3 is 34.3 Å². The summed E-state index contributed by atoms with van der Waals surface area (Å²) in [6.45, 7) is 13.2. The molecule has 0 saturated heterocycles. The second-order valence-electron chi connectivity index (χ2n) is 10.3.